The Labute approximate surface area is 107 Å². The largest absolute Gasteiger partial charge is 0.481 e. The Bertz CT molecular complexity index is 536. The van der Waals surface area contributed by atoms with E-state index < -0.39 is 0 Å². The lowest BCUT2D eigenvalue weighted by Crippen LogP contribution is -2.14. The number of H-pyrrole nitrogens is 1. The van der Waals surface area contributed by atoms with Gasteiger partial charge in [0.1, 0.15) is 5.75 Å². The Kier molecular flexibility index (Phi) is 3.68. The van der Waals surface area contributed by atoms with Gasteiger partial charge in [-0.1, -0.05) is 0 Å². The zero-order valence-corrected chi connectivity index (χ0v) is 10.9. The number of hydrogen-bond donors (Lipinski definition) is 1. The van der Waals surface area contributed by atoms with Crippen molar-refractivity contribution in [3.8, 4) is 5.75 Å². The molecular formula is C12H12BrNO3. The predicted molar refractivity (Wildman–Crippen MR) is 68.1 cm³/mol. The van der Waals surface area contributed by atoms with E-state index >= 15 is 0 Å². The summed E-state index contributed by atoms with van der Waals surface area (Å²) in [6, 6.07) is 5.75. The molecule has 90 valence electrons. The summed E-state index contributed by atoms with van der Waals surface area (Å²) in [4.78, 5) is 14.3. The molecule has 1 heterocycles. The van der Waals surface area contributed by atoms with Crippen LogP contribution in [0.25, 0.3) is 10.9 Å². The van der Waals surface area contributed by atoms with Crippen LogP contribution in [-0.4, -0.2) is 24.2 Å². The molecule has 0 atom stereocenters. The second-order valence-electron chi connectivity index (χ2n) is 3.44. The van der Waals surface area contributed by atoms with Crippen molar-refractivity contribution in [2.24, 2.45) is 0 Å². The quantitative estimate of drug-likeness (QED) is 0.883. The third-order valence-corrected chi connectivity index (χ3v) is 2.88. The molecule has 4 nitrogen and oxygen atoms in total. The van der Waals surface area contributed by atoms with Gasteiger partial charge in [0.2, 0.25) is 0 Å². The molecule has 0 saturated carbocycles. The van der Waals surface area contributed by atoms with E-state index in [1.54, 1.807) is 6.92 Å². The van der Waals surface area contributed by atoms with E-state index in [1.165, 1.54) is 0 Å². The number of fused-ring (bicyclic) bond motifs is 1. The summed E-state index contributed by atoms with van der Waals surface area (Å²) < 4.78 is 11.0. The van der Waals surface area contributed by atoms with Crippen LogP contribution in [0.15, 0.2) is 28.9 Å². The zero-order valence-electron chi connectivity index (χ0n) is 9.33. The van der Waals surface area contributed by atoms with Crippen molar-refractivity contribution in [3.63, 3.8) is 0 Å². The maximum Gasteiger partial charge on any atom is 0.344 e. The van der Waals surface area contributed by atoms with Crippen LogP contribution in [0.4, 0.5) is 0 Å². The maximum absolute atomic E-state index is 11.2. The van der Waals surface area contributed by atoms with Crippen LogP contribution in [0, 0.1) is 0 Å². The molecule has 0 spiro atoms. The van der Waals surface area contributed by atoms with Crippen LogP contribution in [-0.2, 0) is 9.53 Å². The van der Waals surface area contributed by atoms with E-state index in [-0.39, 0.29) is 12.6 Å². The molecule has 1 aromatic carbocycles. The number of aromatic nitrogens is 1. The fourth-order valence-electron chi connectivity index (χ4n) is 1.50. The lowest BCUT2D eigenvalue weighted by atomic mass is 10.2. The number of ether oxygens (including phenoxy) is 2. The van der Waals surface area contributed by atoms with Crippen LogP contribution in [0.2, 0.25) is 0 Å². The van der Waals surface area contributed by atoms with Gasteiger partial charge < -0.3 is 14.5 Å². The molecule has 0 saturated heterocycles. The minimum Gasteiger partial charge on any atom is -0.481 e. The summed E-state index contributed by atoms with van der Waals surface area (Å²) in [5, 5.41) is 1.08. The van der Waals surface area contributed by atoms with Gasteiger partial charge in [0.25, 0.3) is 0 Å². The van der Waals surface area contributed by atoms with Crippen molar-refractivity contribution in [2.45, 2.75) is 6.92 Å². The van der Waals surface area contributed by atoms with Gasteiger partial charge in [-0.05, 0) is 35.0 Å². The lowest BCUT2D eigenvalue weighted by molar-refractivity contribution is -0.145. The standard InChI is InChI=1S/C12H12BrNO3/c1-2-16-12(15)7-17-11-6-10-8(3-4-14-10)5-9(11)13/h3-6,14H,2,7H2,1H3. The number of aromatic amines is 1. The van der Waals surface area contributed by atoms with Gasteiger partial charge in [-0.3, -0.25) is 0 Å². The van der Waals surface area contributed by atoms with E-state index in [1.807, 2.05) is 24.4 Å². The van der Waals surface area contributed by atoms with Gasteiger partial charge >= 0.3 is 5.97 Å². The second kappa shape index (κ2) is 5.23. The molecule has 0 radical (unpaired) electrons. The molecule has 1 N–H and O–H groups in total. The minimum atomic E-state index is -0.369. The van der Waals surface area contributed by atoms with Crippen LogP contribution in [0.3, 0.4) is 0 Å². The predicted octanol–water partition coefficient (Wildman–Crippen LogP) is 2.87. The number of rotatable bonds is 4. The summed E-state index contributed by atoms with van der Waals surface area (Å²) in [6.07, 6.45) is 1.85. The average Bonchev–Trinajstić information content (AvgIpc) is 2.73. The normalized spacial score (nSPS) is 10.5. The van der Waals surface area contributed by atoms with Crippen LogP contribution in [0.5, 0.6) is 5.75 Å². The Morgan fingerprint density at radius 2 is 2.29 bits per heavy atom. The number of halogens is 1. The van der Waals surface area contributed by atoms with Crippen LogP contribution >= 0.6 is 15.9 Å². The Balaban J connectivity index is 2.12. The Hall–Kier alpha value is -1.49. The summed E-state index contributed by atoms with van der Waals surface area (Å²) >= 11 is 3.40. The molecule has 0 bridgehead atoms. The monoisotopic (exact) mass is 297 g/mol. The summed E-state index contributed by atoms with van der Waals surface area (Å²) in [5.41, 5.74) is 0.965. The molecule has 2 rings (SSSR count). The third-order valence-electron chi connectivity index (χ3n) is 2.26. The van der Waals surface area contributed by atoms with Crippen LogP contribution in [0.1, 0.15) is 6.92 Å². The Morgan fingerprint density at radius 3 is 3.06 bits per heavy atom. The van der Waals surface area contributed by atoms with Gasteiger partial charge in [0.05, 0.1) is 11.1 Å². The van der Waals surface area contributed by atoms with Gasteiger partial charge in [0.15, 0.2) is 6.61 Å². The van der Waals surface area contributed by atoms with Crippen LogP contribution < -0.4 is 4.74 Å². The smallest absolute Gasteiger partial charge is 0.344 e. The number of carbonyl (C=O) groups is 1. The number of nitrogens with one attached hydrogen (secondary N) is 1. The van der Waals surface area contributed by atoms with Gasteiger partial charge in [0, 0.05) is 23.2 Å². The fourth-order valence-corrected chi connectivity index (χ4v) is 1.98. The molecular weight excluding hydrogens is 286 g/mol. The lowest BCUT2D eigenvalue weighted by Gasteiger charge is -2.07. The molecule has 0 aliphatic carbocycles. The van der Waals surface area contributed by atoms with Gasteiger partial charge in [-0.2, -0.15) is 0 Å². The molecule has 1 aromatic heterocycles. The van der Waals surface area contributed by atoms with Crippen molar-refractivity contribution < 1.29 is 14.3 Å². The number of carbonyl (C=O) groups excluding carboxylic acids is 1. The molecule has 5 heteroatoms. The highest BCUT2D eigenvalue weighted by Crippen LogP contribution is 2.29. The fraction of sp³-hybridized carbons (Fsp3) is 0.250. The van der Waals surface area contributed by atoms with E-state index in [0.717, 1.165) is 15.4 Å². The van der Waals surface area contributed by atoms with Crippen molar-refractivity contribution in [3.05, 3.63) is 28.9 Å². The first kappa shape index (κ1) is 12.0. The maximum atomic E-state index is 11.2. The van der Waals surface area contributed by atoms with Crippen molar-refractivity contribution in [1.82, 2.24) is 4.98 Å². The van der Waals surface area contributed by atoms with Crippen molar-refractivity contribution in [2.75, 3.05) is 13.2 Å². The zero-order chi connectivity index (χ0) is 12.3. The second-order valence-corrected chi connectivity index (χ2v) is 4.30. The number of esters is 1. The number of hydrogen-bond acceptors (Lipinski definition) is 3. The summed E-state index contributed by atoms with van der Waals surface area (Å²) in [7, 11) is 0. The Morgan fingerprint density at radius 1 is 1.47 bits per heavy atom. The first-order valence-electron chi connectivity index (χ1n) is 5.25. The molecule has 2 aromatic rings. The number of benzene rings is 1. The minimum absolute atomic E-state index is 0.0847. The first-order chi connectivity index (χ1) is 8.20. The van der Waals surface area contributed by atoms with Gasteiger partial charge in [-0.25, -0.2) is 4.79 Å². The van der Waals surface area contributed by atoms with E-state index in [2.05, 4.69) is 20.9 Å². The highest BCUT2D eigenvalue weighted by molar-refractivity contribution is 9.10. The van der Waals surface area contributed by atoms with E-state index in [4.69, 9.17) is 9.47 Å². The molecule has 0 fully saturated rings. The third kappa shape index (κ3) is 2.79. The topological polar surface area (TPSA) is 51.3 Å². The van der Waals surface area contributed by atoms with Crippen molar-refractivity contribution >= 4 is 32.8 Å². The molecule has 0 amide bonds. The average molecular weight is 298 g/mol. The summed E-state index contributed by atoms with van der Waals surface area (Å²) in [5.74, 6) is 0.249. The highest BCUT2D eigenvalue weighted by atomic mass is 79.9. The first-order valence-corrected chi connectivity index (χ1v) is 6.05. The van der Waals surface area contributed by atoms with Gasteiger partial charge in [-0.15, -0.1) is 0 Å². The highest BCUT2D eigenvalue weighted by Gasteiger charge is 2.08. The van der Waals surface area contributed by atoms with Crippen molar-refractivity contribution in [1.29, 1.82) is 0 Å². The molecule has 17 heavy (non-hydrogen) atoms. The van der Waals surface area contributed by atoms with E-state index in [9.17, 15) is 4.79 Å². The summed E-state index contributed by atoms with van der Waals surface area (Å²) in [6.45, 7) is 2.04. The van der Waals surface area contributed by atoms with E-state index in [0.29, 0.717) is 12.4 Å². The molecule has 0 unspecified atom stereocenters. The SMILES string of the molecule is CCOC(=O)COc1cc2[nH]ccc2cc1Br. The molecule has 0 aliphatic heterocycles. The molecule has 0 aliphatic rings.